The van der Waals surface area contributed by atoms with Crippen LogP contribution in [0.15, 0.2) is 30.3 Å². The van der Waals surface area contributed by atoms with E-state index >= 15 is 0 Å². The molecule has 1 aliphatic rings. The minimum atomic E-state index is 0.435. The number of thiophene rings is 1. The first-order valence-electron chi connectivity index (χ1n) is 6.53. The SMILES string of the molecule is COC1CC(NC(C)c2cc3ccccc3s2)C1. The fourth-order valence-corrected chi connectivity index (χ4v) is 3.62. The average Bonchev–Trinajstić information content (AvgIpc) is 2.76. The molecule has 0 amide bonds. The van der Waals surface area contributed by atoms with Crippen LogP contribution < -0.4 is 5.32 Å². The number of nitrogens with one attached hydrogen (secondary N) is 1. The maximum Gasteiger partial charge on any atom is 0.0601 e. The summed E-state index contributed by atoms with van der Waals surface area (Å²) in [6.07, 6.45) is 2.76. The predicted molar refractivity (Wildman–Crippen MR) is 77.2 cm³/mol. The summed E-state index contributed by atoms with van der Waals surface area (Å²) in [6.45, 7) is 2.25. The van der Waals surface area contributed by atoms with Gasteiger partial charge in [0, 0.05) is 28.8 Å². The highest BCUT2D eigenvalue weighted by atomic mass is 32.1. The van der Waals surface area contributed by atoms with E-state index in [4.69, 9.17) is 4.74 Å². The number of rotatable bonds is 4. The van der Waals surface area contributed by atoms with Crippen molar-refractivity contribution in [2.24, 2.45) is 0 Å². The first kappa shape index (κ1) is 12.2. The van der Waals surface area contributed by atoms with Crippen molar-refractivity contribution in [3.8, 4) is 0 Å². The lowest BCUT2D eigenvalue weighted by molar-refractivity contribution is 0.0148. The highest BCUT2D eigenvalue weighted by molar-refractivity contribution is 7.19. The van der Waals surface area contributed by atoms with E-state index in [1.54, 1.807) is 7.11 Å². The van der Waals surface area contributed by atoms with E-state index in [2.05, 4.69) is 42.6 Å². The summed E-state index contributed by atoms with van der Waals surface area (Å²) < 4.78 is 6.69. The molecule has 0 aliphatic heterocycles. The third-order valence-corrected chi connectivity index (χ3v) is 5.08. The first-order chi connectivity index (χ1) is 8.76. The van der Waals surface area contributed by atoms with Crippen molar-refractivity contribution in [3.63, 3.8) is 0 Å². The minimum absolute atomic E-state index is 0.435. The lowest BCUT2D eigenvalue weighted by Gasteiger charge is -2.36. The second kappa shape index (κ2) is 5.00. The van der Waals surface area contributed by atoms with Crippen LogP contribution >= 0.6 is 11.3 Å². The zero-order valence-electron chi connectivity index (χ0n) is 10.8. The van der Waals surface area contributed by atoms with Crippen LogP contribution in [-0.2, 0) is 4.74 Å². The van der Waals surface area contributed by atoms with Gasteiger partial charge in [-0.05, 0) is 37.3 Å². The summed E-state index contributed by atoms with van der Waals surface area (Å²) >= 11 is 1.89. The Bertz CT molecular complexity index is 497. The molecule has 96 valence electrons. The van der Waals surface area contributed by atoms with Gasteiger partial charge in [-0.1, -0.05) is 18.2 Å². The molecule has 0 spiro atoms. The van der Waals surface area contributed by atoms with Gasteiger partial charge in [-0.25, -0.2) is 0 Å². The van der Waals surface area contributed by atoms with Crippen LogP contribution in [0.25, 0.3) is 10.1 Å². The van der Waals surface area contributed by atoms with Crippen LogP contribution in [0.1, 0.15) is 30.7 Å². The molecule has 0 saturated heterocycles. The number of methoxy groups -OCH3 is 1. The van der Waals surface area contributed by atoms with Crippen LogP contribution in [0, 0.1) is 0 Å². The summed E-state index contributed by atoms with van der Waals surface area (Å²) in [5.41, 5.74) is 0. The van der Waals surface area contributed by atoms with E-state index < -0.39 is 0 Å². The molecule has 1 fully saturated rings. The Kier molecular flexibility index (Phi) is 3.37. The van der Waals surface area contributed by atoms with E-state index in [1.165, 1.54) is 15.0 Å². The van der Waals surface area contributed by atoms with Gasteiger partial charge in [0.25, 0.3) is 0 Å². The van der Waals surface area contributed by atoms with Crippen molar-refractivity contribution in [2.75, 3.05) is 7.11 Å². The normalized spacial score (nSPS) is 25.0. The van der Waals surface area contributed by atoms with Crippen molar-refractivity contribution >= 4 is 21.4 Å². The van der Waals surface area contributed by atoms with Crippen molar-refractivity contribution in [1.82, 2.24) is 5.32 Å². The molecule has 1 aliphatic carbocycles. The molecule has 18 heavy (non-hydrogen) atoms. The third-order valence-electron chi connectivity index (χ3n) is 3.79. The van der Waals surface area contributed by atoms with Crippen molar-refractivity contribution in [2.45, 2.75) is 38.0 Å². The fraction of sp³-hybridized carbons (Fsp3) is 0.467. The molecular weight excluding hydrogens is 242 g/mol. The van der Waals surface area contributed by atoms with Gasteiger partial charge in [-0.2, -0.15) is 0 Å². The first-order valence-corrected chi connectivity index (χ1v) is 7.35. The van der Waals surface area contributed by atoms with Gasteiger partial charge < -0.3 is 10.1 Å². The number of hydrogen-bond donors (Lipinski definition) is 1. The Labute approximate surface area is 112 Å². The Morgan fingerprint density at radius 3 is 2.83 bits per heavy atom. The van der Waals surface area contributed by atoms with E-state index in [0.717, 1.165) is 12.8 Å². The second-order valence-corrected chi connectivity index (χ2v) is 6.22. The maximum atomic E-state index is 5.31. The summed E-state index contributed by atoms with van der Waals surface area (Å²) in [7, 11) is 1.80. The summed E-state index contributed by atoms with van der Waals surface area (Å²) in [4.78, 5) is 1.43. The zero-order chi connectivity index (χ0) is 12.5. The molecule has 2 aromatic rings. The maximum absolute atomic E-state index is 5.31. The molecule has 1 aromatic carbocycles. The number of fused-ring (bicyclic) bond motifs is 1. The highest BCUT2D eigenvalue weighted by Gasteiger charge is 2.30. The van der Waals surface area contributed by atoms with Crippen LogP contribution in [0.4, 0.5) is 0 Å². The van der Waals surface area contributed by atoms with Crippen LogP contribution in [0.2, 0.25) is 0 Å². The molecule has 1 unspecified atom stereocenters. The van der Waals surface area contributed by atoms with E-state index in [-0.39, 0.29) is 0 Å². The number of hydrogen-bond acceptors (Lipinski definition) is 3. The van der Waals surface area contributed by atoms with Gasteiger partial charge >= 0.3 is 0 Å². The predicted octanol–water partition coefficient (Wildman–Crippen LogP) is 3.73. The molecule has 2 nitrogen and oxygen atoms in total. The topological polar surface area (TPSA) is 21.3 Å². The molecule has 1 N–H and O–H groups in total. The molecule has 1 saturated carbocycles. The summed E-state index contributed by atoms with van der Waals surface area (Å²) in [5, 5.41) is 5.04. The van der Waals surface area contributed by atoms with E-state index in [1.807, 2.05) is 11.3 Å². The quantitative estimate of drug-likeness (QED) is 0.905. The Hall–Kier alpha value is -0.900. The molecule has 1 atom stereocenters. The van der Waals surface area contributed by atoms with Crippen LogP contribution in [0.3, 0.4) is 0 Å². The van der Waals surface area contributed by atoms with Crippen molar-refractivity contribution in [3.05, 3.63) is 35.2 Å². The zero-order valence-corrected chi connectivity index (χ0v) is 11.7. The molecule has 3 rings (SSSR count). The average molecular weight is 261 g/mol. The number of benzene rings is 1. The van der Waals surface area contributed by atoms with E-state index in [0.29, 0.717) is 18.2 Å². The van der Waals surface area contributed by atoms with Gasteiger partial charge in [0.1, 0.15) is 0 Å². The van der Waals surface area contributed by atoms with Crippen molar-refractivity contribution < 1.29 is 4.74 Å². The van der Waals surface area contributed by atoms with Gasteiger partial charge in [0.2, 0.25) is 0 Å². The summed E-state index contributed by atoms with van der Waals surface area (Å²) in [6, 6.07) is 12.0. The largest absolute Gasteiger partial charge is 0.381 e. The Morgan fingerprint density at radius 2 is 2.11 bits per heavy atom. The second-order valence-electron chi connectivity index (χ2n) is 5.10. The molecule has 0 bridgehead atoms. The summed E-state index contributed by atoms with van der Waals surface area (Å²) in [5.74, 6) is 0. The van der Waals surface area contributed by atoms with Crippen molar-refractivity contribution in [1.29, 1.82) is 0 Å². The standard InChI is InChI=1S/C15H19NOS/c1-10(16-12-8-13(9-12)17-2)15-7-11-5-3-4-6-14(11)18-15/h3-7,10,12-13,16H,8-9H2,1-2H3. The van der Waals surface area contributed by atoms with Crippen LogP contribution in [-0.4, -0.2) is 19.3 Å². The van der Waals surface area contributed by atoms with Crippen LogP contribution in [0.5, 0.6) is 0 Å². The smallest absolute Gasteiger partial charge is 0.0601 e. The molecule has 3 heteroatoms. The Morgan fingerprint density at radius 1 is 1.33 bits per heavy atom. The van der Waals surface area contributed by atoms with E-state index in [9.17, 15) is 0 Å². The fourth-order valence-electron chi connectivity index (χ4n) is 2.55. The van der Waals surface area contributed by atoms with Gasteiger partial charge in [-0.15, -0.1) is 11.3 Å². The number of ether oxygens (including phenoxy) is 1. The van der Waals surface area contributed by atoms with Gasteiger partial charge in [0.15, 0.2) is 0 Å². The lowest BCUT2D eigenvalue weighted by atomic mass is 9.88. The minimum Gasteiger partial charge on any atom is -0.381 e. The third kappa shape index (κ3) is 2.30. The monoisotopic (exact) mass is 261 g/mol. The lowest BCUT2D eigenvalue weighted by Crippen LogP contribution is -2.45. The highest BCUT2D eigenvalue weighted by Crippen LogP contribution is 2.31. The molecular formula is C15H19NOS. The Balaban J connectivity index is 1.67. The molecule has 1 heterocycles. The molecule has 0 radical (unpaired) electrons. The van der Waals surface area contributed by atoms with Gasteiger partial charge in [-0.3, -0.25) is 0 Å². The van der Waals surface area contributed by atoms with Gasteiger partial charge in [0.05, 0.1) is 6.10 Å². The molecule has 1 aromatic heterocycles.